The van der Waals surface area contributed by atoms with Crippen LogP contribution in [0.4, 0.5) is 17.6 Å². The fourth-order valence-corrected chi connectivity index (χ4v) is 2.33. The van der Waals surface area contributed by atoms with Gasteiger partial charge in [-0.25, -0.2) is 4.39 Å². The monoisotopic (exact) mass is 398 g/mol. The molecule has 3 rings (SSSR count). The SMILES string of the molecule is Cn1nc(C(F)(F)F)cc1C(=O)NCC(N)c1nc(-c2cccc(F)c2)no1. The lowest BCUT2D eigenvalue weighted by molar-refractivity contribution is -0.141. The molecule has 3 N–H and O–H groups in total. The number of alkyl halides is 3. The van der Waals surface area contributed by atoms with Gasteiger partial charge in [0.2, 0.25) is 11.7 Å². The van der Waals surface area contributed by atoms with Crippen LogP contribution in [0.1, 0.15) is 28.1 Å². The smallest absolute Gasteiger partial charge is 0.349 e. The van der Waals surface area contributed by atoms with Crippen molar-refractivity contribution < 1.29 is 26.9 Å². The van der Waals surface area contributed by atoms with Gasteiger partial charge >= 0.3 is 6.18 Å². The highest BCUT2D eigenvalue weighted by Crippen LogP contribution is 2.28. The molecule has 0 fully saturated rings. The number of carbonyl (C=O) groups excluding carboxylic acids is 1. The molecule has 0 bridgehead atoms. The van der Waals surface area contributed by atoms with E-state index in [-0.39, 0.29) is 24.0 Å². The first-order chi connectivity index (χ1) is 13.1. The zero-order valence-corrected chi connectivity index (χ0v) is 14.4. The van der Waals surface area contributed by atoms with E-state index in [2.05, 4.69) is 20.6 Å². The molecular formula is C16H14F4N6O2. The summed E-state index contributed by atoms with van der Waals surface area (Å²) in [5, 5.41) is 9.34. The number of hydrogen-bond donors (Lipinski definition) is 2. The van der Waals surface area contributed by atoms with Crippen LogP contribution in [0.3, 0.4) is 0 Å². The Morgan fingerprint density at radius 3 is 2.75 bits per heavy atom. The van der Waals surface area contributed by atoms with E-state index in [1.807, 2.05) is 0 Å². The molecule has 0 saturated carbocycles. The Kier molecular flexibility index (Phi) is 5.14. The highest BCUT2D eigenvalue weighted by atomic mass is 19.4. The first kappa shape index (κ1) is 19.5. The maximum atomic E-state index is 13.3. The number of nitrogens with zero attached hydrogens (tertiary/aromatic N) is 4. The summed E-state index contributed by atoms with van der Waals surface area (Å²) >= 11 is 0. The van der Waals surface area contributed by atoms with E-state index >= 15 is 0 Å². The van der Waals surface area contributed by atoms with Gasteiger partial charge < -0.3 is 15.6 Å². The number of aryl methyl sites for hydroxylation is 1. The van der Waals surface area contributed by atoms with Crippen molar-refractivity contribution in [3.8, 4) is 11.4 Å². The fraction of sp³-hybridized carbons (Fsp3) is 0.250. The summed E-state index contributed by atoms with van der Waals surface area (Å²) in [6.45, 7) is -0.184. The summed E-state index contributed by atoms with van der Waals surface area (Å²) in [5.74, 6) is -1.20. The minimum Gasteiger partial charge on any atom is -0.349 e. The second kappa shape index (κ2) is 7.38. The Balaban J connectivity index is 1.65. The van der Waals surface area contributed by atoms with Crippen LogP contribution >= 0.6 is 0 Å². The number of amides is 1. The van der Waals surface area contributed by atoms with Crippen molar-refractivity contribution in [2.75, 3.05) is 6.54 Å². The fourth-order valence-electron chi connectivity index (χ4n) is 2.33. The van der Waals surface area contributed by atoms with E-state index in [0.29, 0.717) is 11.6 Å². The molecule has 12 heteroatoms. The van der Waals surface area contributed by atoms with Crippen molar-refractivity contribution in [2.24, 2.45) is 12.8 Å². The summed E-state index contributed by atoms with van der Waals surface area (Å²) in [6, 6.07) is 5.23. The van der Waals surface area contributed by atoms with Crippen molar-refractivity contribution in [3.63, 3.8) is 0 Å². The first-order valence-electron chi connectivity index (χ1n) is 7.89. The Bertz CT molecular complexity index is 997. The van der Waals surface area contributed by atoms with E-state index in [1.54, 1.807) is 6.07 Å². The molecule has 0 aliphatic heterocycles. The number of aromatic nitrogens is 4. The predicted molar refractivity (Wildman–Crippen MR) is 87.2 cm³/mol. The molecule has 8 nitrogen and oxygen atoms in total. The molecule has 0 radical (unpaired) electrons. The van der Waals surface area contributed by atoms with Crippen LogP contribution in [0.15, 0.2) is 34.9 Å². The van der Waals surface area contributed by atoms with Gasteiger partial charge in [-0.05, 0) is 12.1 Å². The van der Waals surface area contributed by atoms with Crippen molar-refractivity contribution in [3.05, 3.63) is 53.4 Å². The molecular weight excluding hydrogens is 384 g/mol. The first-order valence-corrected chi connectivity index (χ1v) is 7.89. The Labute approximate surface area is 155 Å². The van der Waals surface area contributed by atoms with Gasteiger partial charge in [0.1, 0.15) is 17.6 Å². The van der Waals surface area contributed by atoms with Crippen molar-refractivity contribution in [2.45, 2.75) is 12.2 Å². The van der Waals surface area contributed by atoms with Crippen LogP contribution in [0.25, 0.3) is 11.4 Å². The minimum absolute atomic E-state index is 0.0273. The maximum Gasteiger partial charge on any atom is 0.435 e. The second-order valence-corrected chi connectivity index (χ2v) is 5.82. The summed E-state index contributed by atoms with van der Waals surface area (Å²) < 4.78 is 57.1. The van der Waals surface area contributed by atoms with Gasteiger partial charge in [-0.15, -0.1) is 0 Å². The van der Waals surface area contributed by atoms with Gasteiger partial charge in [-0.1, -0.05) is 17.3 Å². The number of nitrogens with two attached hydrogens (primary N) is 1. The Morgan fingerprint density at radius 2 is 2.11 bits per heavy atom. The molecule has 2 heterocycles. The summed E-state index contributed by atoms with van der Waals surface area (Å²) in [5.41, 5.74) is 4.78. The Morgan fingerprint density at radius 1 is 1.36 bits per heavy atom. The van der Waals surface area contributed by atoms with Gasteiger partial charge in [0.25, 0.3) is 5.91 Å². The third kappa shape index (κ3) is 4.17. The topological polar surface area (TPSA) is 112 Å². The minimum atomic E-state index is -4.66. The molecule has 2 aromatic heterocycles. The van der Waals surface area contributed by atoms with Crippen molar-refractivity contribution in [1.82, 2.24) is 25.2 Å². The number of benzene rings is 1. The number of rotatable bonds is 5. The van der Waals surface area contributed by atoms with Crippen LogP contribution in [0, 0.1) is 5.82 Å². The van der Waals surface area contributed by atoms with E-state index in [1.165, 1.54) is 25.2 Å². The van der Waals surface area contributed by atoms with Crippen LogP contribution < -0.4 is 11.1 Å². The zero-order valence-electron chi connectivity index (χ0n) is 14.4. The molecule has 3 aromatic rings. The summed E-state index contributed by atoms with van der Waals surface area (Å²) in [4.78, 5) is 16.1. The average Bonchev–Trinajstić information content (AvgIpc) is 3.26. The molecule has 0 aliphatic carbocycles. The van der Waals surface area contributed by atoms with Gasteiger partial charge in [0.15, 0.2) is 5.69 Å². The molecule has 1 aromatic carbocycles. The van der Waals surface area contributed by atoms with Crippen LogP contribution in [0.5, 0.6) is 0 Å². The van der Waals surface area contributed by atoms with Gasteiger partial charge in [0, 0.05) is 25.2 Å². The highest BCUT2D eigenvalue weighted by Gasteiger charge is 2.35. The third-order valence-corrected chi connectivity index (χ3v) is 3.73. The molecule has 1 unspecified atom stereocenters. The normalized spacial score (nSPS) is 12.8. The number of nitrogens with one attached hydrogen (secondary N) is 1. The Hall–Kier alpha value is -3.28. The third-order valence-electron chi connectivity index (χ3n) is 3.73. The highest BCUT2D eigenvalue weighted by molar-refractivity contribution is 5.92. The molecule has 28 heavy (non-hydrogen) atoms. The zero-order chi connectivity index (χ0) is 20.5. The summed E-state index contributed by atoms with van der Waals surface area (Å²) in [6.07, 6.45) is -4.66. The molecule has 1 amide bonds. The number of hydrogen-bond acceptors (Lipinski definition) is 6. The van der Waals surface area contributed by atoms with Gasteiger partial charge in [-0.2, -0.15) is 23.3 Å². The quantitative estimate of drug-likeness (QED) is 0.637. The lowest BCUT2D eigenvalue weighted by Crippen LogP contribution is -2.33. The molecule has 1 atom stereocenters. The average molecular weight is 398 g/mol. The second-order valence-electron chi connectivity index (χ2n) is 5.82. The lowest BCUT2D eigenvalue weighted by Gasteiger charge is -2.08. The van der Waals surface area contributed by atoms with Crippen LogP contribution in [0.2, 0.25) is 0 Å². The van der Waals surface area contributed by atoms with E-state index in [0.717, 1.165) is 4.68 Å². The predicted octanol–water partition coefficient (Wildman–Crippen LogP) is 2.06. The maximum absolute atomic E-state index is 13.3. The molecule has 0 spiro atoms. The number of halogens is 4. The van der Waals surface area contributed by atoms with Crippen molar-refractivity contribution >= 4 is 5.91 Å². The van der Waals surface area contributed by atoms with Gasteiger partial charge in [-0.3, -0.25) is 9.48 Å². The van der Waals surface area contributed by atoms with Gasteiger partial charge in [0.05, 0.1) is 0 Å². The summed E-state index contributed by atoms with van der Waals surface area (Å²) in [7, 11) is 1.22. The molecule has 0 saturated heterocycles. The largest absolute Gasteiger partial charge is 0.435 e. The van der Waals surface area contributed by atoms with E-state index in [9.17, 15) is 22.4 Å². The molecule has 0 aliphatic rings. The van der Waals surface area contributed by atoms with Crippen LogP contribution in [-0.2, 0) is 13.2 Å². The standard InChI is InChI=1S/C16H14F4N6O2/c1-26-11(6-12(24-26)16(18,19)20)14(27)22-7-10(21)15-23-13(25-28-15)8-3-2-4-9(17)5-8/h2-6,10H,7,21H2,1H3,(H,22,27). The lowest BCUT2D eigenvalue weighted by atomic mass is 10.2. The van der Waals surface area contributed by atoms with Crippen molar-refractivity contribution in [1.29, 1.82) is 0 Å². The van der Waals surface area contributed by atoms with E-state index in [4.69, 9.17) is 10.3 Å². The molecule has 148 valence electrons. The number of carbonyl (C=O) groups is 1. The van der Waals surface area contributed by atoms with E-state index < -0.39 is 29.6 Å². The van der Waals surface area contributed by atoms with Crippen LogP contribution in [-0.4, -0.2) is 32.4 Å².